The lowest BCUT2D eigenvalue weighted by Crippen LogP contribution is -2.47. The van der Waals surface area contributed by atoms with E-state index in [2.05, 4.69) is 33.3 Å². The topological polar surface area (TPSA) is 166 Å². The van der Waals surface area contributed by atoms with Gasteiger partial charge in [0, 0.05) is 34.9 Å². The molecule has 14 heteroatoms. The fraction of sp³-hybridized carbons (Fsp3) is 0.382. The van der Waals surface area contributed by atoms with Crippen LogP contribution in [0, 0.1) is 0 Å². The van der Waals surface area contributed by atoms with Crippen LogP contribution in [0.4, 0.5) is 5.69 Å². The van der Waals surface area contributed by atoms with Gasteiger partial charge in [0.05, 0.1) is 56.3 Å². The predicted molar refractivity (Wildman–Crippen MR) is 182 cm³/mol. The maximum Gasteiger partial charge on any atom is 0.255 e. The van der Waals surface area contributed by atoms with Crippen LogP contribution in [0.1, 0.15) is 41.8 Å². The van der Waals surface area contributed by atoms with Crippen molar-refractivity contribution in [3.05, 3.63) is 82.4 Å². The number of anilines is 1. The Kier molecular flexibility index (Phi) is 12.1. The van der Waals surface area contributed by atoms with Crippen LogP contribution in [0.2, 0.25) is 5.02 Å². The predicted octanol–water partition coefficient (Wildman–Crippen LogP) is 2.93. The number of para-hydroxylation sites is 1. The molecule has 0 bridgehead atoms. The molecular weight excluding hydrogens is 640 g/mol. The van der Waals surface area contributed by atoms with Crippen molar-refractivity contribution >= 4 is 34.8 Å². The quantitative estimate of drug-likeness (QED) is 0.104. The van der Waals surface area contributed by atoms with Crippen LogP contribution in [0.25, 0.3) is 0 Å². The molecule has 2 heterocycles. The lowest BCUT2D eigenvalue weighted by atomic mass is 9.99. The molecule has 0 aliphatic carbocycles. The van der Waals surface area contributed by atoms with Crippen LogP contribution in [0.3, 0.4) is 0 Å². The second-order valence-corrected chi connectivity index (χ2v) is 11.6. The number of halogens is 1. The Morgan fingerprint density at radius 1 is 0.958 bits per heavy atom. The number of rotatable bonds is 15. The van der Waals surface area contributed by atoms with Gasteiger partial charge in [-0.2, -0.15) is 0 Å². The minimum absolute atomic E-state index is 0.00855. The van der Waals surface area contributed by atoms with Gasteiger partial charge in [0.2, 0.25) is 5.91 Å². The van der Waals surface area contributed by atoms with E-state index in [9.17, 15) is 19.8 Å². The molecule has 0 spiro atoms. The summed E-state index contributed by atoms with van der Waals surface area (Å²) in [5, 5.41) is 25.5. The zero-order valence-corrected chi connectivity index (χ0v) is 27.6. The van der Waals surface area contributed by atoms with E-state index >= 15 is 0 Å². The molecule has 3 aromatic rings. The molecule has 1 saturated heterocycles. The maximum atomic E-state index is 12.7. The average molecular weight is 681 g/mol. The van der Waals surface area contributed by atoms with Gasteiger partial charge in [-0.1, -0.05) is 29.8 Å². The molecular formula is C34H41ClN6O7. The summed E-state index contributed by atoms with van der Waals surface area (Å²) >= 11 is 6.22. The van der Waals surface area contributed by atoms with Gasteiger partial charge < -0.3 is 40.0 Å². The van der Waals surface area contributed by atoms with Crippen LogP contribution in [0.15, 0.2) is 65.7 Å². The molecule has 6 N–H and O–H groups in total. The summed E-state index contributed by atoms with van der Waals surface area (Å²) in [4.78, 5) is 32.3. The number of aromatic hydroxyl groups is 2. The molecule has 256 valence electrons. The van der Waals surface area contributed by atoms with Gasteiger partial charge in [0.1, 0.15) is 18.5 Å². The summed E-state index contributed by atoms with van der Waals surface area (Å²) in [5.74, 6) is -0.742. The van der Waals surface area contributed by atoms with Crippen molar-refractivity contribution in [3.8, 4) is 17.2 Å². The zero-order valence-electron chi connectivity index (χ0n) is 26.9. The van der Waals surface area contributed by atoms with E-state index in [-0.39, 0.29) is 55.2 Å². The number of ether oxygens (including phenoxy) is 3. The number of phenols is 2. The molecule has 0 radical (unpaired) electrons. The van der Waals surface area contributed by atoms with Crippen LogP contribution in [0.5, 0.6) is 17.2 Å². The molecule has 2 amide bonds. The number of hydrogen-bond donors (Lipinski definition) is 6. The number of phenolic OH excluding ortho intramolecular Hbond substituents is 2. The van der Waals surface area contributed by atoms with E-state index in [0.717, 1.165) is 22.5 Å². The lowest BCUT2D eigenvalue weighted by molar-refractivity contribution is -0.121. The summed E-state index contributed by atoms with van der Waals surface area (Å²) < 4.78 is 17.2. The number of fused-ring (bicyclic) bond motifs is 3. The van der Waals surface area contributed by atoms with Crippen molar-refractivity contribution in [3.63, 3.8) is 0 Å². The smallest absolute Gasteiger partial charge is 0.255 e. The largest absolute Gasteiger partial charge is 0.504 e. The Morgan fingerprint density at radius 3 is 2.48 bits per heavy atom. The number of benzene rings is 3. The molecule has 3 aromatic carbocycles. The molecule has 3 unspecified atom stereocenters. The van der Waals surface area contributed by atoms with E-state index in [0.29, 0.717) is 43.7 Å². The first-order chi connectivity index (χ1) is 23.3. The van der Waals surface area contributed by atoms with Gasteiger partial charge in [-0.3, -0.25) is 14.6 Å². The number of nitrogens with zero attached hydrogens (tertiary/aromatic N) is 2. The van der Waals surface area contributed by atoms with Crippen molar-refractivity contribution in [1.29, 1.82) is 0 Å². The zero-order chi connectivity index (χ0) is 34.0. The molecule has 0 aromatic heterocycles. The first-order valence-corrected chi connectivity index (χ1v) is 16.3. The van der Waals surface area contributed by atoms with Gasteiger partial charge in [0.15, 0.2) is 11.5 Å². The molecule has 1 fully saturated rings. The summed E-state index contributed by atoms with van der Waals surface area (Å²) in [6, 6.07) is 17.2. The molecule has 3 atom stereocenters. The first-order valence-electron chi connectivity index (χ1n) is 15.9. The number of amides is 2. The first kappa shape index (κ1) is 34.9. The molecule has 2 aliphatic rings. The third-order valence-corrected chi connectivity index (χ3v) is 8.12. The number of nitrogens with one attached hydrogen (secondary N) is 4. The number of carbonyl (C=O) groups excluding carboxylic acids is 2. The highest BCUT2D eigenvalue weighted by Gasteiger charge is 2.40. The van der Waals surface area contributed by atoms with Crippen LogP contribution < -0.4 is 31.1 Å². The number of carbonyl (C=O) groups is 2. The van der Waals surface area contributed by atoms with E-state index in [1.807, 2.05) is 49.4 Å². The van der Waals surface area contributed by atoms with Crippen LogP contribution in [-0.2, 0) is 14.3 Å². The molecule has 13 nitrogen and oxygen atoms in total. The summed E-state index contributed by atoms with van der Waals surface area (Å²) in [6.07, 6.45) is -0.100. The van der Waals surface area contributed by atoms with E-state index < -0.39 is 11.7 Å². The van der Waals surface area contributed by atoms with Gasteiger partial charge in [-0.25, -0.2) is 10.9 Å². The molecule has 48 heavy (non-hydrogen) atoms. The summed E-state index contributed by atoms with van der Waals surface area (Å²) in [7, 11) is 0. The van der Waals surface area contributed by atoms with Crippen molar-refractivity contribution < 1.29 is 34.0 Å². The third kappa shape index (κ3) is 8.54. The lowest BCUT2D eigenvalue weighted by Gasteiger charge is -2.31. The Bertz CT molecular complexity index is 1610. The number of aliphatic imine (C=N–C) groups is 1. The second kappa shape index (κ2) is 16.6. The standard InChI is InChI=1S/C34H41ClN6O7/c1-3-36-30(43)20-27-33-40-39-21(2)41(33)28-12-11-24(19-26(28)31(38-27)22-7-9-23(35)10-8-22)48-18-17-47-16-15-46-14-13-37-34(45)25-5-4-6-29(42)32(25)44/h4-12,19,21,27,33,39-40,42,44H,3,13-18,20H2,1-2H3,(H,36,43)(H,37,45). The van der Waals surface area contributed by atoms with E-state index in [1.54, 1.807) is 0 Å². The Hall–Kier alpha value is -4.40. The summed E-state index contributed by atoms with van der Waals surface area (Å²) in [6.45, 7) is 6.27. The van der Waals surface area contributed by atoms with Crippen molar-refractivity contribution in [1.82, 2.24) is 21.5 Å². The van der Waals surface area contributed by atoms with Gasteiger partial charge in [-0.05, 0) is 56.3 Å². The fourth-order valence-corrected chi connectivity index (χ4v) is 5.72. The highest BCUT2D eigenvalue weighted by atomic mass is 35.5. The molecule has 2 aliphatic heterocycles. The maximum absolute atomic E-state index is 12.7. The molecule has 0 saturated carbocycles. The summed E-state index contributed by atoms with van der Waals surface area (Å²) in [5.41, 5.74) is 10.1. The van der Waals surface area contributed by atoms with Gasteiger partial charge in [0.25, 0.3) is 5.91 Å². The highest BCUT2D eigenvalue weighted by molar-refractivity contribution is 6.30. The Morgan fingerprint density at radius 2 is 1.71 bits per heavy atom. The van der Waals surface area contributed by atoms with Gasteiger partial charge in [-0.15, -0.1) is 0 Å². The average Bonchev–Trinajstić information content (AvgIpc) is 3.40. The van der Waals surface area contributed by atoms with Crippen molar-refractivity contribution in [2.75, 3.05) is 51.0 Å². The van der Waals surface area contributed by atoms with Crippen LogP contribution >= 0.6 is 11.6 Å². The minimum Gasteiger partial charge on any atom is -0.504 e. The highest BCUT2D eigenvalue weighted by Crippen LogP contribution is 2.36. The minimum atomic E-state index is -0.507. The van der Waals surface area contributed by atoms with Gasteiger partial charge >= 0.3 is 0 Å². The Labute approximate surface area is 284 Å². The number of hydrogen-bond acceptors (Lipinski definition) is 11. The second-order valence-electron chi connectivity index (χ2n) is 11.2. The number of hydrazine groups is 1. The van der Waals surface area contributed by atoms with E-state index in [1.165, 1.54) is 18.2 Å². The SMILES string of the molecule is CCNC(=O)CC1N=C(c2ccc(Cl)cc2)c2cc(OCCOCCOCCNC(=O)c3cccc(O)c3O)ccc2N2C(C)NNC12. The van der Waals surface area contributed by atoms with Crippen molar-refractivity contribution in [2.45, 2.75) is 38.6 Å². The van der Waals surface area contributed by atoms with Crippen molar-refractivity contribution in [2.24, 2.45) is 4.99 Å². The molecule has 5 rings (SSSR count). The van der Waals surface area contributed by atoms with Crippen LogP contribution in [-0.4, -0.2) is 92.2 Å². The normalized spacial score (nSPS) is 18.4. The Balaban J connectivity index is 1.16. The van der Waals surface area contributed by atoms with E-state index in [4.69, 9.17) is 30.8 Å². The monoisotopic (exact) mass is 680 g/mol. The third-order valence-electron chi connectivity index (χ3n) is 7.86. The fourth-order valence-electron chi connectivity index (χ4n) is 5.59.